The second-order valence-corrected chi connectivity index (χ2v) is 5.60. The van der Waals surface area contributed by atoms with Crippen molar-refractivity contribution in [3.63, 3.8) is 0 Å². The van der Waals surface area contributed by atoms with Crippen molar-refractivity contribution in [3.05, 3.63) is 29.6 Å². The van der Waals surface area contributed by atoms with Crippen molar-refractivity contribution in [1.29, 1.82) is 0 Å². The molecule has 4 heteroatoms. The molecule has 0 bridgehead atoms. The molecule has 1 aliphatic rings. The average molecular weight is 261 g/mol. The summed E-state index contributed by atoms with van der Waals surface area (Å²) in [6.45, 7) is 4.54. The van der Waals surface area contributed by atoms with Crippen LogP contribution >= 0.6 is 0 Å². The molecule has 3 N–H and O–H groups in total. The Morgan fingerprint density at radius 1 is 1.58 bits per heavy atom. The number of hydrogen-bond acceptors (Lipinski definition) is 3. The third kappa shape index (κ3) is 2.78. The topological polar surface area (TPSA) is 68.0 Å². The lowest BCUT2D eigenvalue weighted by atomic mass is 9.73. The van der Waals surface area contributed by atoms with Crippen LogP contribution in [0, 0.1) is 12.8 Å². The Hall–Kier alpha value is -1.42. The van der Waals surface area contributed by atoms with Gasteiger partial charge >= 0.3 is 0 Å². The van der Waals surface area contributed by atoms with Crippen LogP contribution in [0.5, 0.6) is 0 Å². The van der Waals surface area contributed by atoms with Gasteiger partial charge in [-0.05, 0) is 37.8 Å². The van der Waals surface area contributed by atoms with E-state index < -0.39 is 0 Å². The maximum absolute atomic E-state index is 12.4. The van der Waals surface area contributed by atoms with Crippen molar-refractivity contribution in [2.45, 2.75) is 45.1 Å². The molecule has 0 aromatic carbocycles. The van der Waals surface area contributed by atoms with E-state index >= 15 is 0 Å². The Morgan fingerprint density at radius 2 is 2.37 bits per heavy atom. The highest BCUT2D eigenvalue weighted by atomic mass is 16.1. The number of amides is 1. The van der Waals surface area contributed by atoms with Gasteiger partial charge in [0.05, 0.1) is 11.1 Å². The summed E-state index contributed by atoms with van der Waals surface area (Å²) in [6, 6.07) is 3.61. The summed E-state index contributed by atoms with van der Waals surface area (Å²) in [6.07, 6.45) is 6.16. The van der Waals surface area contributed by atoms with Crippen LogP contribution in [0.4, 0.5) is 0 Å². The number of aromatic nitrogens is 1. The van der Waals surface area contributed by atoms with E-state index in [1.807, 2.05) is 13.0 Å². The van der Waals surface area contributed by atoms with E-state index in [2.05, 4.69) is 17.2 Å². The number of hydrogen-bond donors (Lipinski definition) is 2. The first-order valence-corrected chi connectivity index (χ1v) is 7.03. The molecule has 1 fully saturated rings. The van der Waals surface area contributed by atoms with Gasteiger partial charge in [0.2, 0.25) is 0 Å². The summed E-state index contributed by atoms with van der Waals surface area (Å²) >= 11 is 0. The maximum atomic E-state index is 12.4. The van der Waals surface area contributed by atoms with E-state index in [4.69, 9.17) is 5.73 Å². The van der Waals surface area contributed by atoms with Crippen molar-refractivity contribution >= 4 is 5.91 Å². The standard InChI is InChI=1S/C15H23N3O/c1-11-6-3-4-8-15(11,10-16)18-14(19)13-7-5-9-17-12(13)2/h5,7,9,11H,3-4,6,8,10,16H2,1-2H3,(H,18,19). The first kappa shape index (κ1) is 14.0. The number of nitrogens with two attached hydrogens (primary N) is 1. The fourth-order valence-corrected chi connectivity index (χ4v) is 2.97. The zero-order valence-corrected chi connectivity index (χ0v) is 11.8. The van der Waals surface area contributed by atoms with Crippen LogP contribution in [0.3, 0.4) is 0 Å². The molecule has 4 nitrogen and oxygen atoms in total. The Kier molecular flexibility index (Phi) is 4.20. The van der Waals surface area contributed by atoms with Crippen molar-refractivity contribution in [2.24, 2.45) is 11.7 Å². The van der Waals surface area contributed by atoms with Gasteiger partial charge in [0.25, 0.3) is 5.91 Å². The lowest BCUT2D eigenvalue weighted by Crippen LogP contribution is -2.59. The van der Waals surface area contributed by atoms with Gasteiger partial charge in [-0.1, -0.05) is 19.8 Å². The van der Waals surface area contributed by atoms with Crippen LogP contribution in [-0.4, -0.2) is 23.0 Å². The molecular formula is C15H23N3O. The highest BCUT2D eigenvalue weighted by Gasteiger charge is 2.38. The van der Waals surface area contributed by atoms with Crippen LogP contribution in [0.15, 0.2) is 18.3 Å². The summed E-state index contributed by atoms with van der Waals surface area (Å²) in [5.74, 6) is 0.372. The number of carbonyl (C=O) groups is 1. The fraction of sp³-hybridized carbons (Fsp3) is 0.600. The first-order chi connectivity index (χ1) is 9.09. The van der Waals surface area contributed by atoms with E-state index in [0.29, 0.717) is 18.0 Å². The predicted octanol–water partition coefficient (Wildman–Crippen LogP) is 2.03. The normalized spacial score (nSPS) is 27.0. The number of nitrogens with zero attached hydrogens (tertiary/aromatic N) is 1. The van der Waals surface area contributed by atoms with E-state index in [9.17, 15) is 4.79 Å². The zero-order chi connectivity index (χ0) is 13.9. The van der Waals surface area contributed by atoms with Crippen molar-refractivity contribution in [1.82, 2.24) is 10.3 Å². The van der Waals surface area contributed by atoms with Gasteiger partial charge in [0.15, 0.2) is 0 Å². The summed E-state index contributed by atoms with van der Waals surface area (Å²) < 4.78 is 0. The molecule has 2 atom stereocenters. The molecule has 1 saturated carbocycles. The van der Waals surface area contributed by atoms with Gasteiger partial charge in [-0.25, -0.2) is 0 Å². The third-order valence-electron chi connectivity index (χ3n) is 4.43. The second-order valence-electron chi connectivity index (χ2n) is 5.60. The Morgan fingerprint density at radius 3 is 3.00 bits per heavy atom. The molecular weight excluding hydrogens is 238 g/mol. The van der Waals surface area contributed by atoms with E-state index in [0.717, 1.165) is 25.0 Å². The molecule has 104 valence electrons. The molecule has 2 unspecified atom stereocenters. The monoisotopic (exact) mass is 261 g/mol. The van der Waals surface area contributed by atoms with Gasteiger partial charge in [0, 0.05) is 18.4 Å². The van der Waals surface area contributed by atoms with Crippen LogP contribution in [0.2, 0.25) is 0 Å². The minimum absolute atomic E-state index is 0.0511. The van der Waals surface area contributed by atoms with Crippen molar-refractivity contribution in [3.8, 4) is 0 Å². The SMILES string of the molecule is Cc1ncccc1C(=O)NC1(CN)CCCCC1C. The quantitative estimate of drug-likeness (QED) is 0.874. The van der Waals surface area contributed by atoms with Crippen LogP contribution < -0.4 is 11.1 Å². The van der Waals surface area contributed by atoms with Gasteiger partial charge in [0.1, 0.15) is 0 Å². The lowest BCUT2D eigenvalue weighted by Gasteiger charge is -2.42. The molecule has 1 heterocycles. The summed E-state index contributed by atoms with van der Waals surface area (Å²) in [5.41, 5.74) is 7.12. The van der Waals surface area contributed by atoms with Gasteiger partial charge in [-0.15, -0.1) is 0 Å². The molecule has 1 aromatic heterocycles. The average Bonchev–Trinajstić information content (AvgIpc) is 2.42. The first-order valence-electron chi connectivity index (χ1n) is 7.03. The number of carbonyl (C=O) groups excluding carboxylic acids is 1. The molecule has 0 radical (unpaired) electrons. The second kappa shape index (κ2) is 5.70. The fourth-order valence-electron chi connectivity index (χ4n) is 2.97. The molecule has 2 rings (SSSR count). The molecule has 19 heavy (non-hydrogen) atoms. The molecule has 0 aliphatic heterocycles. The number of pyridine rings is 1. The highest BCUT2D eigenvalue weighted by Crippen LogP contribution is 2.33. The van der Waals surface area contributed by atoms with Crippen LogP contribution in [0.25, 0.3) is 0 Å². The largest absolute Gasteiger partial charge is 0.345 e. The molecule has 0 spiro atoms. The minimum atomic E-state index is -0.252. The van der Waals surface area contributed by atoms with Gasteiger partial charge < -0.3 is 11.1 Å². The van der Waals surface area contributed by atoms with Gasteiger partial charge in [-0.2, -0.15) is 0 Å². The predicted molar refractivity (Wildman–Crippen MR) is 75.9 cm³/mol. The minimum Gasteiger partial charge on any atom is -0.345 e. The molecule has 1 aliphatic carbocycles. The smallest absolute Gasteiger partial charge is 0.253 e. The van der Waals surface area contributed by atoms with Crippen molar-refractivity contribution < 1.29 is 4.79 Å². The van der Waals surface area contributed by atoms with E-state index in [1.165, 1.54) is 6.42 Å². The molecule has 1 aromatic rings. The Labute approximate surface area is 114 Å². The number of aryl methyl sites for hydroxylation is 1. The lowest BCUT2D eigenvalue weighted by molar-refractivity contribution is 0.0811. The van der Waals surface area contributed by atoms with E-state index in [-0.39, 0.29) is 11.4 Å². The molecule has 1 amide bonds. The Balaban J connectivity index is 2.19. The van der Waals surface area contributed by atoms with Crippen LogP contribution in [-0.2, 0) is 0 Å². The van der Waals surface area contributed by atoms with E-state index in [1.54, 1.807) is 12.3 Å². The zero-order valence-electron chi connectivity index (χ0n) is 11.8. The summed E-state index contributed by atoms with van der Waals surface area (Å²) in [7, 11) is 0. The Bertz CT molecular complexity index is 460. The van der Waals surface area contributed by atoms with Crippen LogP contribution in [0.1, 0.15) is 48.7 Å². The maximum Gasteiger partial charge on any atom is 0.253 e. The molecule has 0 saturated heterocycles. The highest BCUT2D eigenvalue weighted by molar-refractivity contribution is 5.95. The number of rotatable bonds is 3. The summed E-state index contributed by atoms with van der Waals surface area (Å²) in [5, 5.41) is 3.18. The summed E-state index contributed by atoms with van der Waals surface area (Å²) in [4.78, 5) is 16.6. The third-order valence-corrected chi connectivity index (χ3v) is 4.43. The van der Waals surface area contributed by atoms with Gasteiger partial charge in [-0.3, -0.25) is 9.78 Å². The van der Waals surface area contributed by atoms with Crippen molar-refractivity contribution in [2.75, 3.05) is 6.54 Å². The number of nitrogens with one attached hydrogen (secondary N) is 1.